The van der Waals surface area contributed by atoms with Gasteiger partial charge in [0.25, 0.3) is 15.9 Å². The average Bonchev–Trinajstić information content (AvgIpc) is 3.05. The van der Waals surface area contributed by atoms with E-state index in [4.69, 9.17) is 16.1 Å². The van der Waals surface area contributed by atoms with Crippen LogP contribution in [0.25, 0.3) is 11.5 Å². The lowest BCUT2D eigenvalue weighted by atomic mass is 10.2. The van der Waals surface area contributed by atoms with E-state index in [-0.39, 0.29) is 27.1 Å². The van der Waals surface area contributed by atoms with Gasteiger partial charge in [-0.15, -0.1) is 0 Å². The summed E-state index contributed by atoms with van der Waals surface area (Å²) in [5, 5.41) is 3.64. The third-order valence-electron chi connectivity index (χ3n) is 3.50. The molecular formula is C15H14ClFN4O3S. The molecule has 0 aliphatic carbocycles. The van der Waals surface area contributed by atoms with E-state index in [0.717, 1.165) is 12.1 Å². The van der Waals surface area contributed by atoms with Crippen LogP contribution in [0.4, 0.5) is 10.1 Å². The number of sulfonamides is 1. The van der Waals surface area contributed by atoms with Crippen LogP contribution in [0.15, 0.2) is 27.6 Å². The minimum atomic E-state index is -4.04. The number of aryl methyl sites for hydroxylation is 3. The van der Waals surface area contributed by atoms with Crippen LogP contribution in [0.3, 0.4) is 0 Å². The van der Waals surface area contributed by atoms with E-state index in [9.17, 15) is 12.8 Å². The van der Waals surface area contributed by atoms with Crippen LogP contribution in [0, 0.1) is 26.6 Å². The second kappa shape index (κ2) is 6.16. The van der Waals surface area contributed by atoms with Crippen molar-refractivity contribution in [3.8, 4) is 11.5 Å². The van der Waals surface area contributed by atoms with Crippen molar-refractivity contribution in [2.24, 2.45) is 0 Å². The molecule has 0 saturated carbocycles. The van der Waals surface area contributed by atoms with E-state index in [2.05, 4.69) is 19.8 Å². The Labute approximate surface area is 148 Å². The van der Waals surface area contributed by atoms with E-state index in [1.165, 1.54) is 6.07 Å². The summed E-state index contributed by atoms with van der Waals surface area (Å²) in [6.07, 6.45) is 0. The lowest BCUT2D eigenvalue weighted by Crippen LogP contribution is -2.15. The maximum atomic E-state index is 13.2. The van der Waals surface area contributed by atoms with Gasteiger partial charge in [0, 0.05) is 11.4 Å². The normalized spacial score (nSPS) is 11.7. The summed E-state index contributed by atoms with van der Waals surface area (Å²) < 4.78 is 46.5. The highest BCUT2D eigenvalue weighted by Crippen LogP contribution is 2.34. The third kappa shape index (κ3) is 3.24. The summed E-state index contributed by atoms with van der Waals surface area (Å²) in [4.78, 5) is 7.03. The highest BCUT2D eigenvalue weighted by atomic mass is 35.5. The van der Waals surface area contributed by atoms with Crippen LogP contribution in [0.1, 0.15) is 17.2 Å². The Morgan fingerprint density at radius 1 is 1.24 bits per heavy atom. The molecule has 0 radical (unpaired) electrons. The van der Waals surface area contributed by atoms with Gasteiger partial charge >= 0.3 is 0 Å². The van der Waals surface area contributed by atoms with Crippen molar-refractivity contribution < 1.29 is 17.3 Å². The SMILES string of the molecule is Cc1noc(-c2c(C)[nH]c(C)c2S(=O)(=O)Nc2ccc(F)cc2Cl)n1. The molecular weight excluding hydrogens is 371 g/mol. The number of rotatable bonds is 4. The van der Waals surface area contributed by atoms with Gasteiger partial charge in [0.05, 0.1) is 16.3 Å². The maximum Gasteiger partial charge on any atom is 0.264 e. The molecule has 0 bridgehead atoms. The van der Waals surface area contributed by atoms with Gasteiger partial charge in [0.1, 0.15) is 10.7 Å². The van der Waals surface area contributed by atoms with Crippen molar-refractivity contribution in [2.45, 2.75) is 25.7 Å². The number of H-pyrrole nitrogens is 1. The van der Waals surface area contributed by atoms with Crippen molar-refractivity contribution in [3.05, 3.63) is 46.3 Å². The number of benzene rings is 1. The van der Waals surface area contributed by atoms with Crippen LogP contribution >= 0.6 is 11.6 Å². The molecule has 3 rings (SSSR count). The van der Waals surface area contributed by atoms with E-state index in [1.54, 1.807) is 20.8 Å². The Morgan fingerprint density at radius 3 is 2.56 bits per heavy atom. The minimum absolute atomic E-state index is 0.0333. The molecule has 0 fully saturated rings. The zero-order valence-corrected chi connectivity index (χ0v) is 15.1. The van der Waals surface area contributed by atoms with Crippen molar-refractivity contribution in [3.63, 3.8) is 0 Å². The fourth-order valence-corrected chi connectivity index (χ4v) is 4.32. The second-order valence-electron chi connectivity index (χ2n) is 5.46. The first-order chi connectivity index (χ1) is 11.7. The van der Waals surface area contributed by atoms with E-state index >= 15 is 0 Å². The van der Waals surface area contributed by atoms with E-state index in [1.807, 2.05) is 0 Å². The lowest BCUT2D eigenvalue weighted by molar-refractivity contribution is 0.424. The molecule has 0 atom stereocenters. The first kappa shape index (κ1) is 17.4. The zero-order valence-electron chi connectivity index (χ0n) is 13.5. The molecule has 0 unspecified atom stereocenters. The molecule has 0 amide bonds. The van der Waals surface area contributed by atoms with Crippen LogP contribution in [0.2, 0.25) is 5.02 Å². The van der Waals surface area contributed by atoms with Gasteiger partial charge < -0.3 is 9.51 Å². The molecule has 2 aromatic heterocycles. The van der Waals surface area contributed by atoms with E-state index < -0.39 is 15.8 Å². The molecule has 10 heteroatoms. The smallest absolute Gasteiger partial charge is 0.264 e. The number of hydrogen-bond acceptors (Lipinski definition) is 5. The minimum Gasteiger partial charge on any atom is -0.361 e. The quantitative estimate of drug-likeness (QED) is 0.715. The molecule has 3 aromatic rings. The molecule has 7 nitrogen and oxygen atoms in total. The van der Waals surface area contributed by atoms with Crippen LogP contribution in [0.5, 0.6) is 0 Å². The fraction of sp³-hybridized carbons (Fsp3) is 0.200. The maximum absolute atomic E-state index is 13.2. The number of hydrogen-bond donors (Lipinski definition) is 2. The monoisotopic (exact) mass is 384 g/mol. The molecule has 0 aliphatic rings. The fourth-order valence-electron chi connectivity index (χ4n) is 2.52. The van der Waals surface area contributed by atoms with Crippen LogP contribution < -0.4 is 4.72 Å². The van der Waals surface area contributed by atoms with Gasteiger partial charge in [-0.25, -0.2) is 12.8 Å². The predicted octanol–water partition coefficient (Wildman–Crippen LogP) is 3.58. The van der Waals surface area contributed by atoms with Crippen LogP contribution in [-0.4, -0.2) is 23.5 Å². The van der Waals surface area contributed by atoms with E-state index in [0.29, 0.717) is 17.2 Å². The standard InChI is InChI=1S/C15H14ClFN4O3S/c1-7-13(15-19-9(3)20-24-15)14(8(2)18-7)25(22,23)21-12-5-4-10(17)6-11(12)16/h4-6,18,21H,1-3H3. The highest BCUT2D eigenvalue weighted by Gasteiger charge is 2.29. The number of anilines is 1. The van der Waals surface area contributed by atoms with Crippen molar-refractivity contribution >= 4 is 27.3 Å². The predicted molar refractivity (Wildman–Crippen MR) is 90.5 cm³/mol. The second-order valence-corrected chi connectivity index (χ2v) is 7.48. The summed E-state index contributed by atoms with van der Waals surface area (Å²) in [7, 11) is -4.04. The number of nitrogens with one attached hydrogen (secondary N) is 2. The first-order valence-corrected chi connectivity index (χ1v) is 9.03. The summed E-state index contributed by atoms with van der Waals surface area (Å²) in [6.45, 7) is 4.94. The molecule has 2 heterocycles. The van der Waals surface area contributed by atoms with Gasteiger partial charge in [-0.1, -0.05) is 16.8 Å². The number of halogens is 2. The largest absolute Gasteiger partial charge is 0.361 e. The zero-order chi connectivity index (χ0) is 18.4. The third-order valence-corrected chi connectivity index (χ3v) is 5.35. The number of nitrogens with zero attached hydrogens (tertiary/aromatic N) is 2. The Balaban J connectivity index is 2.12. The van der Waals surface area contributed by atoms with Crippen molar-refractivity contribution in [2.75, 3.05) is 4.72 Å². The van der Waals surface area contributed by atoms with Crippen molar-refractivity contribution in [1.82, 2.24) is 15.1 Å². The van der Waals surface area contributed by atoms with Crippen LogP contribution in [-0.2, 0) is 10.0 Å². The van der Waals surface area contributed by atoms with Gasteiger partial charge in [-0.2, -0.15) is 4.98 Å². The topological polar surface area (TPSA) is 101 Å². The summed E-state index contributed by atoms with van der Waals surface area (Å²) in [5.41, 5.74) is 1.30. The first-order valence-electron chi connectivity index (χ1n) is 7.17. The van der Waals surface area contributed by atoms with Gasteiger partial charge in [0.15, 0.2) is 5.82 Å². The van der Waals surface area contributed by atoms with Gasteiger partial charge in [0.2, 0.25) is 0 Å². The molecule has 132 valence electrons. The average molecular weight is 385 g/mol. The molecule has 25 heavy (non-hydrogen) atoms. The summed E-state index contributed by atoms with van der Waals surface area (Å²) in [6, 6.07) is 3.39. The van der Waals surface area contributed by atoms with Gasteiger partial charge in [-0.05, 0) is 39.0 Å². The summed E-state index contributed by atoms with van der Waals surface area (Å²) >= 11 is 5.91. The Morgan fingerprint density at radius 2 is 1.96 bits per heavy atom. The summed E-state index contributed by atoms with van der Waals surface area (Å²) in [5.74, 6) is -0.0975. The number of aromatic nitrogens is 3. The van der Waals surface area contributed by atoms with Gasteiger partial charge in [-0.3, -0.25) is 4.72 Å². The number of aromatic amines is 1. The Hall–Kier alpha value is -2.39. The molecule has 2 N–H and O–H groups in total. The highest BCUT2D eigenvalue weighted by molar-refractivity contribution is 7.93. The molecule has 0 spiro atoms. The van der Waals surface area contributed by atoms with Crippen molar-refractivity contribution in [1.29, 1.82) is 0 Å². The molecule has 0 saturated heterocycles. The lowest BCUT2D eigenvalue weighted by Gasteiger charge is -2.10. The molecule has 1 aromatic carbocycles. The Bertz CT molecular complexity index is 1060. The Kier molecular flexibility index (Phi) is 4.29. The molecule has 0 aliphatic heterocycles.